The third-order valence-electron chi connectivity index (χ3n) is 1.17. The predicted octanol–water partition coefficient (Wildman–Crippen LogP) is 0.477. The largest absolute Gasteiger partial charge is 0.428 e. The first kappa shape index (κ1) is 8.74. The van der Waals surface area contributed by atoms with E-state index < -0.39 is 0 Å². The molecule has 2 heteroatoms. The van der Waals surface area contributed by atoms with Crippen molar-refractivity contribution in [3.63, 3.8) is 0 Å². The lowest BCUT2D eigenvalue weighted by atomic mass is 10.2. The SMILES string of the molecule is C#CCCCCCO[SiH3]. The Hall–Kier alpha value is -0.263. The van der Waals surface area contributed by atoms with Gasteiger partial charge in [0.05, 0.1) is 0 Å². The van der Waals surface area contributed by atoms with E-state index in [4.69, 9.17) is 10.8 Å². The zero-order valence-corrected chi connectivity index (χ0v) is 8.02. The lowest BCUT2D eigenvalue weighted by molar-refractivity contribution is 0.334. The van der Waals surface area contributed by atoms with Crippen LogP contribution in [0.4, 0.5) is 0 Å². The van der Waals surface area contributed by atoms with Crippen LogP contribution in [0, 0.1) is 12.3 Å². The molecule has 0 unspecified atom stereocenters. The Bertz CT molecular complexity index is 85.4. The van der Waals surface area contributed by atoms with Gasteiger partial charge in [-0.25, -0.2) is 0 Å². The van der Waals surface area contributed by atoms with Gasteiger partial charge in [0.25, 0.3) is 0 Å². The Morgan fingerprint density at radius 3 is 2.67 bits per heavy atom. The molecule has 0 rings (SSSR count). The molecule has 0 aliphatic rings. The quantitative estimate of drug-likeness (QED) is 0.308. The van der Waals surface area contributed by atoms with Gasteiger partial charge in [-0.3, -0.25) is 0 Å². The molecule has 0 N–H and O–H groups in total. The number of hydrogen-bond donors (Lipinski definition) is 0. The second-order valence-corrected chi connectivity index (χ2v) is 2.58. The van der Waals surface area contributed by atoms with E-state index >= 15 is 0 Å². The molecule has 0 saturated heterocycles. The van der Waals surface area contributed by atoms with Gasteiger partial charge in [-0.15, -0.1) is 12.3 Å². The van der Waals surface area contributed by atoms with Crippen LogP contribution in [0.1, 0.15) is 25.7 Å². The number of hydrogen-bond acceptors (Lipinski definition) is 1. The van der Waals surface area contributed by atoms with Crippen LogP contribution in [0.15, 0.2) is 0 Å². The van der Waals surface area contributed by atoms with Crippen molar-refractivity contribution in [2.75, 3.05) is 6.61 Å². The van der Waals surface area contributed by atoms with E-state index in [1.165, 1.54) is 12.8 Å². The maximum absolute atomic E-state index is 5.07. The molecule has 0 bridgehead atoms. The molecule has 0 aliphatic carbocycles. The van der Waals surface area contributed by atoms with Gasteiger partial charge in [0, 0.05) is 13.0 Å². The monoisotopic (exact) mass is 142 g/mol. The second-order valence-electron chi connectivity index (χ2n) is 2.01. The summed E-state index contributed by atoms with van der Waals surface area (Å²) >= 11 is 0. The molecule has 0 aromatic rings. The van der Waals surface area contributed by atoms with Crippen LogP contribution >= 0.6 is 0 Å². The third kappa shape index (κ3) is 7.74. The molecular weight excluding hydrogens is 128 g/mol. The molecule has 0 spiro atoms. The van der Waals surface area contributed by atoms with Crippen molar-refractivity contribution in [1.82, 2.24) is 0 Å². The van der Waals surface area contributed by atoms with Gasteiger partial charge in [-0.2, -0.15) is 0 Å². The van der Waals surface area contributed by atoms with Gasteiger partial charge in [-0.05, 0) is 12.8 Å². The summed E-state index contributed by atoms with van der Waals surface area (Å²) in [5.41, 5.74) is 0. The van der Waals surface area contributed by atoms with Crippen LogP contribution in [0.2, 0.25) is 0 Å². The van der Waals surface area contributed by atoms with Crippen LogP contribution in [0.3, 0.4) is 0 Å². The van der Waals surface area contributed by atoms with E-state index in [2.05, 4.69) is 5.92 Å². The molecule has 0 aliphatic heterocycles. The molecule has 52 valence electrons. The van der Waals surface area contributed by atoms with Crippen molar-refractivity contribution in [2.45, 2.75) is 25.7 Å². The molecule has 1 nitrogen and oxygen atoms in total. The maximum atomic E-state index is 5.07. The average molecular weight is 142 g/mol. The second kappa shape index (κ2) is 7.74. The summed E-state index contributed by atoms with van der Waals surface area (Å²) < 4.78 is 5.01. The number of terminal acetylenes is 1. The molecular formula is C7H14OSi. The Morgan fingerprint density at radius 2 is 2.11 bits per heavy atom. The van der Waals surface area contributed by atoms with E-state index in [1.54, 1.807) is 0 Å². The average Bonchev–Trinajstić information content (AvgIpc) is 1.89. The van der Waals surface area contributed by atoms with Gasteiger partial charge in [0.15, 0.2) is 0 Å². The topological polar surface area (TPSA) is 9.23 Å². The van der Waals surface area contributed by atoms with Gasteiger partial charge in [0.2, 0.25) is 0 Å². The summed E-state index contributed by atoms with van der Waals surface area (Å²) in [6, 6.07) is 0. The molecule has 0 aromatic carbocycles. The number of unbranched alkanes of at least 4 members (excludes halogenated alkanes) is 3. The minimum Gasteiger partial charge on any atom is -0.428 e. The van der Waals surface area contributed by atoms with E-state index in [1.807, 2.05) is 0 Å². The van der Waals surface area contributed by atoms with Gasteiger partial charge < -0.3 is 4.43 Å². The highest BCUT2D eigenvalue weighted by Gasteiger charge is 1.84. The van der Waals surface area contributed by atoms with Crippen molar-refractivity contribution < 1.29 is 4.43 Å². The van der Waals surface area contributed by atoms with Crippen LogP contribution in [-0.4, -0.2) is 17.1 Å². The van der Waals surface area contributed by atoms with Crippen LogP contribution < -0.4 is 0 Å². The predicted molar refractivity (Wildman–Crippen MR) is 43.2 cm³/mol. The molecule has 0 heterocycles. The first-order valence-electron chi connectivity index (χ1n) is 3.34. The highest BCUT2D eigenvalue weighted by molar-refractivity contribution is 5.97. The Kier molecular flexibility index (Phi) is 7.51. The van der Waals surface area contributed by atoms with E-state index in [9.17, 15) is 0 Å². The first-order chi connectivity index (χ1) is 4.41. The fraction of sp³-hybridized carbons (Fsp3) is 0.714. The summed E-state index contributed by atoms with van der Waals surface area (Å²) in [7, 11) is 0.868. The fourth-order valence-electron chi connectivity index (χ4n) is 0.650. The fourth-order valence-corrected chi connectivity index (χ4v) is 0.939. The summed E-state index contributed by atoms with van der Waals surface area (Å²) in [4.78, 5) is 0. The summed E-state index contributed by atoms with van der Waals surface area (Å²) in [5, 5.41) is 0. The molecule has 0 radical (unpaired) electrons. The van der Waals surface area contributed by atoms with Gasteiger partial charge >= 0.3 is 0 Å². The van der Waals surface area contributed by atoms with Crippen LogP contribution in [-0.2, 0) is 4.43 Å². The van der Waals surface area contributed by atoms with Crippen molar-refractivity contribution in [2.24, 2.45) is 0 Å². The summed E-state index contributed by atoms with van der Waals surface area (Å²) in [5.74, 6) is 2.61. The highest BCUT2D eigenvalue weighted by atomic mass is 28.2. The molecule has 0 fully saturated rings. The van der Waals surface area contributed by atoms with Gasteiger partial charge in [0.1, 0.15) is 10.5 Å². The zero-order chi connectivity index (χ0) is 6.95. The summed E-state index contributed by atoms with van der Waals surface area (Å²) in [6.45, 7) is 0.927. The van der Waals surface area contributed by atoms with E-state index in [-0.39, 0.29) is 0 Å². The standard InChI is InChI=1S/C7H14OSi/c1-2-3-4-5-6-7-8-9/h1H,3-7H2,9H3. The van der Waals surface area contributed by atoms with E-state index in [0.29, 0.717) is 0 Å². The third-order valence-corrected chi connectivity index (χ3v) is 1.58. The molecule has 9 heavy (non-hydrogen) atoms. The molecule has 0 aromatic heterocycles. The minimum atomic E-state index is 0.868. The Morgan fingerprint density at radius 1 is 1.33 bits per heavy atom. The molecule has 0 atom stereocenters. The van der Waals surface area contributed by atoms with Crippen molar-refractivity contribution >= 4 is 10.5 Å². The lowest BCUT2D eigenvalue weighted by Gasteiger charge is -1.95. The van der Waals surface area contributed by atoms with E-state index in [0.717, 1.165) is 29.9 Å². The van der Waals surface area contributed by atoms with Crippen molar-refractivity contribution in [3.05, 3.63) is 0 Å². The van der Waals surface area contributed by atoms with Gasteiger partial charge in [-0.1, -0.05) is 6.42 Å². The number of rotatable bonds is 5. The van der Waals surface area contributed by atoms with Crippen LogP contribution in [0.5, 0.6) is 0 Å². The Labute approximate surface area is 60.3 Å². The highest BCUT2D eigenvalue weighted by Crippen LogP contribution is 1.97. The normalized spacial score (nSPS) is 9.22. The summed E-state index contributed by atoms with van der Waals surface area (Å²) in [6.07, 6.45) is 9.53. The first-order valence-corrected chi connectivity index (χ1v) is 4.16. The minimum absolute atomic E-state index is 0.868. The maximum Gasteiger partial charge on any atom is 0.145 e. The van der Waals surface area contributed by atoms with Crippen molar-refractivity contribution in [1.29, 1.82) is 0 Å². The molecule has 0 saturated carbocycles. The Balaban J connectivity index is 2.69. The van der Waals surface area contributed by atoms with Crippen molar-refractivity contribution in [3.8, 4) is 12.3 Å². The zero-order valence-electron chi connectivity index (χ0n) is 6.02. The smallest absolute Gasteiger partial charge is 0.145 e. The molecule has 0 amide bonds. The van der Waals surface area contributed by atoms with Crippen LogP contribution in [0.25, 0.3) is 0 Å². The lowest BCUT2D eigenvalue weighted by Crippen LogP contribution is -1.88.